The molecule has 0 amide bonds. The average molecular weight is 389 g/mol. The summed E-state index contributed by atoms with van der Waals surface area (Å²) >= 11 is 11.3. The van der Waals surface area contributed by atoms with Crippen molar-refractivity contribution in [3.05, 3.63) is 49.1 Å². The van der Waals surface area contributed by atoms with E-state index in [1.54, 1.807) is 18.4 Å². The van der Waals surface area contributed by atoms with E-state index in [1.165, 1.54) is 10.4 Å². The molecule has 0 saturated heterocycles. The maximum absolute atomic E-state index is 6.21. The molecule has 2 aromatic rings. The van der Waals surface area contributed by atoms with Gasteiger partial charge >= 0.3 is 0 Å². The molecule has 1 aromatic heterocycles. The fourth-order valence-electron chi connectivity index (χ4n) is 2.24. The van der Waals surface area contributed by atoms with E-state index in [0.717, 1.165) is 33.1 Å². The van der Waals surface area contributed by atoms with E-state index in [2.05, 4.69) is 53.3 Å². The first-order valence-electron chi connectivity index (χ1n) is 6.89. The summed E-state index contributed by atoms with van der Waals surface area (Å²) in [6, 6.07) is 8.44. The van der Waals surface area contributed by atoms with Gasteiger partial charge in [-0.3, -0.25) is 0 Å². The van der Waals surface area contributed by atoms with Crippen molar-refractivity contribution in [3.8, 4) is 5.75 Å². The number of methoxy groups -OCH3 is 1. The van der Waals surface area contributed by atoms with Crippen LogP contribution >= 0.6 is 38.9 Å². The van der Waals surface area contributed by atoms with Crippen molar-refractivity contribution in [1.82, 2.24) is 5.32 Å². The number of hydrogen-bond acceptors (Lipinski definition) is 3. The van der Waals surface area contributed by atoms with Gasteiger partial charge in [-0.15, -0.1) is 11.3 Å². The van der Waals surface area contributed by atoms with Crippen LogP contribution in [0, 0.1) is 6.92 Å². The molecule has 0 radical (unpaired) electrons. The normalized spacial score (nSPS) is 12.4. The van der Waals surface area contributed by atoms with E-state index in [1.807, 2.05) is 6.07 Å². The SMILES string of the molecule is CCCNC(c1cc(Br)c(Cl)s1)c1cc(C)ccc1OC. The van der Waals surface area contributed by atoms with Crippen LogP contribution in [0.25, 0.3) is 0 Å². The topological polar surface area (TPSA) is 21.3 Å². The quantitative estimate of drug-likeness (QED) is 0.698. The zero-order valence-electron chi connectivity index (χ0n) is 12.4. The van der Waals surface area contributed by atoms with Gasteiger partial charge in [-0.25, -0.2) is 0 Å². The number of rotatable bonds is 6. The van der Waals surface area contributed by atoms with Crippen LogP contribution in [-0.4, -0.2) is 13.7 Å². The van der Waals surface area contributed by atoms with Gasteiger partial charge in [0.2, 0.25) is 0 Å². The molecular weight excluding hydrogens is 370 g/mol. The van der Waals surface area contributed by atoms with Gasteiger partial charge in [0.25, 0.3) is 0 Å². The summed E-state index contributed by atoms with van der Waals surface area (Å²) in [5.74, 6) is 0.898. The molecule has 0 aliphatic carbocycles. The molecule has 0 aliphatic heterocycles. The predicted molar refractivity (Wildman–Crippen MR) is 94.9 cm³/mol. The maximum Gasteiger partial charge on any atom is 0.124 e. The van der Waals surface area contributed by atoms with E-state index < -0.39 is 0 Å². The van der Waals surface area contributed by atoms with Gasteiger partial charge in [0.15, 0.2) is 0 Å². The van der Waals surface area contributed by atoms with Crippen molar-refractivity contribution >= 4 is 38.9 Å². The summed E-state index contributed by atoms with van der Waals surface area (Å²) in [6.07, 6.45) is 1.07. The summed E-state index contributed by atoms with van der Waals surface area (Å²) in [5, 5.41) is 3.60. The molecule has 2 nitrogen and oxygen atoms in total. The highest BCUT2D eigenvalue weighted by molar-refractivity contribution is 9.10. The Balaban J connectivity index is 2.47. The van der Waals surface area contributed by atoms with Gasteiger partial charge in [0.1, 0.15) is 10.1 Å². The van der Waals surface area contributed by atoms with Crippen LogP contribution in [0.4, 0.5) is 0 Å². The molecular formula is C16H19BrClNOS. The molecule has 0 fully saturated rings. The lowest BCUT2D eigenvalue weighted by Crippen LogP contribution is -2.23. The number of ether oxygens (including phenoxy) is 1. The standard InChI is InChI=1S/C16H19BrClNOS/c1-4-7-19-15(14-9-12(17)16(18)21-14)11-8-10(2)5-6-13(11)20-3/h5-6,8-9,15,19H,4,7H2,1-3H3. The highest BCUT2D eigenvalue weighted by Crippen LogP contribution is 2.39. The fourth-order valence-corrected chi connectivity index (χ4v) is 4.07. The number of thiophene rings is 1. The van der Waals surface area contributed by atoms with Crippen LogP contribution < -0.4 is 10.1 Å². The molecule has 0 bridgehead atoms. The van der Waals surface area contributed by atoms with Crippen LogP contribution in [-0.2, 0) is 0 Å². The molecule has 0 spiro atoms. The fraction of sp³-hybridized carbons (Fsp3) is 0.375. The molecule has 1 aromatic carbocycles. The van der Waals surface area contributed by atoms with Crippen LogP contribution in [0.2, 0.25) is 4.34 Å². The molecule has 0 aliphatic rings. The smallest absolute Gasteiger partial charge is 0.124 e. The molecule has 2 rings (SSSR count). The zero-order valence-corrected chi connectivity index (χ0v) is 15.5. The Hall–Kier alpha value is -0.550. The number of halogens is 2. The highest BCUT2D eigenvalue weighted by Gasteiger charge is 2.21. The summed E-state index contributed by atoms with van der Waals surface area (Å²) < 4.78 is 7.26. The van der Waals surface area contributed by atoms with Crippen molar-refractivity contribution in [2.75, 3.05) is 13.7 Å². The third-order valence-electron chi connectivity index (χ3n) is 3.24. The zero-order chi connectivity index (χ0) is 15.4. The van der Waals surface area contributed by atoms with E-state index >= 15 is 0 Å². The minimum absolute atomic E-state index is 0.0913. The summed E-state index contributed by atoms with van der Waals surface area (Å²) in [4.78, 5) is 1.18. The second-order valence-electron chi connectivity index (χ2n) is 4.90. The lowest BCUT2D eigenvalue weighted by molar-refractivity contribution is 0.404. The molecule has 1 N–H and O–H groups in total. The van der Waals surface area contributed by atoms with E-state index in [4.69, 9.17) is 16.3 Å². The Kier molecular flexibility index (Phi) is 6.11. The Bertz CT molecular complexity index is 595. The summed E-state index contributed by atoms with van der Waals surface area (Å²) in [5.41, 5.74) is 2.37. The molecule has 114 valence electrons. The Morgan fingerprint density at radius 1 is 1.38 bits per heavy atom. The Morgan fingerprint density at radius 3 is 2.71 bits per heavy atom. The van der Waals surface area contributed by atoms with Gasteiger partial charge in [-0.2, -0.15) is 0 Å². The number of aryl methyl sites for hydroxylation is 1. The van der Waals surface area contributed by atoms with Gasteiger partial charge in [0.05, 0.1) is 13.2 Å². The lowest BCUT2D eigenvalue weighted by Gasteiger charge is -2.20. The van der Waals surface area contributed by atoms with Gasteiger partial charge < -0.3 is 10.1 Å². The van der Waals surface area contributed by atoms with Crippen LogP contribution in [0.5, 0.6) is 5.75 Å². The monoisotopic (exact) mass is 387 g/mol. The Labute approximate surface area is 143 Å². The van der Waals surface area contributed by atoms with E-state index in [9.17, 15) is 0 Å². The summed E-state index contributed by atoms with van der Waals surface area (Å²) in [6.45, 7) is 5.20. The van der Waals surface area contributed by atoms with E-state index in [-0.39, 0.29) is 6.04 Å². The molecule has 1 unspecified atom stereocenters. The van der Waals surface area contributed by atoms with Crippen LogP contribution in [0.3, 0.4) is 0 Å². The third-order valence-corrected chi connectivity index (χ3v) is 5.78. The van der Waals surface area contributed by atoms with E-state index in [0.29, 0.717) is 0 Å². The Morgan fingerprint density at radius 2 is 2.14 bits per heavy atom. The molecule has 21 heavy (non-hydrogen) atoms. The van der Waals surface area contributed by atoms with Crippen LogP contribution in [0.1, 0.15) is 35.4 Å². The van der Waals surface area contributed by atoms with Gasteiger partial charge in [-0.1, -0.05) is 36.2 Å². The third kappa shape index (κ3) is 4.01. The number of hydrogen-bond donors (Lipinski definition) is 1. The second-order valence-corrected chi connectivity index (χ2v) is 7.44. The first kappa shape index (κ1) is 16.8. The summed E-state index contributed by atoms with van der Waals surface area (Å²) in [7, 11) is 1.71. The largest absolute Gasteiger partial charge is 0.496 e. The van der Waals surface area contributed by atoms with Crippen molar-refractivity contribution in [3.63, 3.8) is 0 Å². The minimum atomic E-state index is 0.0913. The molecule has 1 heterocycles. The predicted octanol–water partition coefficient (Wildman–Crippen LogP) is 5.57. The van der Waals surface area contributed by atoms with Crippen molar-refractivity contribution in [2.45, 2.75) is 26.3 Å². The van der Waals surface area contributed by atoms with Crippen LogP contribution in [0.15, 0.2) is 28.7 Å². The number of nitrogens with one attached hydrogen (secondary N) is 1. The minimum Gasteiger partial charge on any atom is -0.496 e. The lowest BCUT2D eigenvalue weighted by atomic mass is 10.0. The number of benzene rings is 1. The van der Waals surface area contributed by atoms with Gasteiger partial charge in [-0.05, 0) is 48.0 Å². The second kappa shape index (κ2) is 7.63. The first-order chi connectivity index (χ1) is 10.1. The van der Waals surface area contributed by atoms with Gasteiger partial charge in [0, 0.05) is 14.9 Å². The van der Waals surface area contributed by atoms with Crippen molar-refractivity contribution < 1.29 is 4.74 Å². The molecule has 1 atom stereocenters. The van der Waals surface area contributed by atoms with Crippen molar-refractivity contribution in [1.29, 1.82) is 0 Å². The average Bonchev–Trinajstić information content (AvgIpc) is 2.79. The molecule has 0 saturated carbocycles. The first-order valence-corrected chi connectivity index (χ1v) is 8.88. The van der Waals surface area contributed by atoms with Crippen molar-refractivity contribution in [2.24, 2.45) is 0 Å². The molecule has 5 heteroatoms. The highest BCUT2D eigenvalue weighted by atomic mass is 79.9. The maximum atomic E-state index is 6.21.